The van der Waals surface area contributed by atoms with E-state index in [2.05, 4.69) is 18.2 Å². The zero-order valence-electron chi connectivity index (χ0n) is 19.6. The highest BCUT2D eigenvalue weighted by atomic mass is 16.7. The van der Waals surface area contributed by atoms with Gasteiger partial charge in [-0.2, -0.15) is 5.26 Å². The Morgan fingerprint density at radius 3 is 2.69 bits per heavy atom. The third-order valence-corrected chi connectivity index (χ3v) is 6.79. The lowest BCUT2D eigenvalue weighted by Gasteiger charge is -2.32. The lowest BCUT2D eigenvalue weighted by Crippen LogP contribution is -2.41. The van der Waals surface area contributed by atoms with E-state index in [0.29, 0.717) is 24.0 Å². The predicted molar refractivity (Wildman–Crippen MR) is 132 cm³/mol. The van der Waals surface area contributed by atoms with Crippen LogP contribution in [0.1, 0.15) is 30.4 Å². The molecule has 0 spiro atoms. The van der Waals surface area contributed by atoms with Crippen molar-refractivity contribution in [2.45, 2.75) is 25.7 Å². The van der Waals surface area contributed by atoms with E-state index in [0.717, 1.165) is 61.4 Å². The lowest BCUT2D eigenvalue weighted by molar-refractivity contribution is -0.134. The number of carbonyl (C=O) groups excluding carboxylic acids is 1. The van der Waals surface area contributed by atoms with E-state index in [4.69, 9.17) is 14.2 Å². The van der Waals surface area contributed by atoms with Crippen LogP contribution in [0.4, 0.5) is 0 Å². The van der Waals surface area contributed by atoms with E-state index in [9.17, 15) is 10.1 Å². The fourth-order valence-corrected chi connectivity index (χ4v) is 4.76. The minimum absolute atomic E-state index is 0.0107. The summed E-state index contributed by atoms with van der Waals surface area (Å²) in [6.07, 6.45) is 4.12. The average Bonchev–Trinajstić information content (AvgIpc) is 3.39. The molecule has 5 rings (SSSR count). The summed E-state index contributed by atoms with van der Waals surface area (Å²) < 4.78 is 16.8. The molecular weight excluding hydrogens is 440 g/mol. The number of ether oxygens (including phenoxy) is 3. The summed E-state index contributed by atoms with van der Waals surface area (Å²) in [6.45, 7) is 1.84. The molecule has 2 aliphatic heterocycles. The van der Waals surface area contributed by atoms with Gasteiger partial charge in [-0.15, -0.1) is 0 Å². The number of piperidine rings is 1. The number of carbonyl (C=O) groups is 1. The molecule has 1 fully saturated rings. The van der Waals surface area contributed by atoms with Gasteiger partial charge in [0.15, 0.2) is 18.1 Å². The molecule has 2 heterocycles. The monoisotopic (exact) mass is 468 g/mol. The quantitative estimate of drug-likeness (QED) is 0.476. The molecule has 3 aromatic rings. The maximum atomic E-state index is 12.8. The van der Waals surface area contributed by atoms with Gasteiger partial charge in [0.25, 0.3) is 5.91 Å². The van der Waals surface area contributed by atoms with E-state index in [1.165, 1.54) is 5.56 Å². The van der Waals surface area contributed by atoms with Crippen molar-refractivity contribution in [3.63, 3.8) is 0 Å². The SMILES string of the molecule is N#Cc1cccc(-c2ccccc2OCC(=O)N2CCC(CCc3ccc4c(c3)OCO4)CC2)c1. The number of hydrogen-bond acceptors (Lipinski definition) is 5. The highest BCUT2D eigenvalue weighted by Crippen LogP contribution is 2.34. The maximum Gasteiger partial charge on any atom is 0.260 e. The van der Waals surface area contributed by atoms with Crippen LogP contribution in [-0.4, -0.2) is 37.3 Å². The van der Waals surface area contributed by atoms with Gasteiger partial charge in [0.05, 0.1) is 11.6 Å². The molecule has 6 nitrogen and oxygen atoms in total. The van der Waals surface area contributed by atoms with Gasteiger partial charge >= 0.3 is 0 Å². The lowest BCUT2D eigenvalue weighted by atomic mass is 9.90. The minimum Gasteiger partial charge on any atom is -0.483 e. The molecule has 0 aromatic heterocycles. The number of nitriles is 1. The molecule has 0 unspecified atom stereocenters. The van der Waals surface area contributed by atoms with Gasteiger partial charge in [0, 0.05) is 18.7 Å². The zero-order chi connectivity index (χ0) is 24.0. The summed E-state index contributed by atoms with van der Waals surface area (Å²) in [5, 5.41) is 9.20. The first kappa shape index (κ1) is 22.8. The molecule has 2 aliphatic rings. The first-order chi connectivity index (χ1) is 17.2. The van der Waals surface area contributed by atoms with E-state index >= 15 is 0 Å². The number of fused-ring (bicyclic) bond motifs is 1. The Bertz CT molecular complexity index is 1240. The summed E-state index contributed by atoms with van der Waals surface area (Å²) >= 11 is 0. The molecule has 1 amide bonds. The van der Waals surface area contributed by atoms with Crippen molar-refractivity contribution in [2.75, 3.05) is 26.5 Å². The van der Waals surface area contributed by atoms with Gasteiger partial charge in [-0.25, -0.2) is 0 Å². The second-order valence-corrected chi connectivity index (χ2v) is 9.03. The Hall–Kier alpha value is -3.98. The van der Waals surface area contributed by atoms with Crippen LogP contribution in [0.25, 0.3) is 11.1 Å². The fraction of sp³-hybridized carbons (Fsp3) is 0.310. The summed E-state index contributed by atoms with van der Waals surface area (Å²) in [5.41, 5.74) is 3.63. The number of amides is 1. The number of likely N-dealkylation sites (tertiary alicyclic amines) is 1. The van der Waals surface area contributed by atoms with Crippen LogP contribution in [0.15, 0.2) is 66.7 Å². The number of hydrogen-bond donors (Lipinski definition) is 0. The van der Waals surface area contributed by atoms with Crippen molar-refractivity contribution < 1.29 is 19.0 Å². The largest absolute Gasteiger partial charge is 0.483 e. The zero-order valence-corrected chi connectivity index (χ0v) is 19.6. The number of para-hydroxylation sites is 1. The molecule has 0 radical (unpaired) electrons. The van der Waals surface area contributed by atoms with Gasteiger partial charge < -0.3 is 19.1 Å². The number of benzene rings is 3. The van der Waals surface area contributed by atoms with E-state index < -0.39 is 0 Å². The first-order valence-electron chi connectivity index (χ1n) is 12.1. The smallest absolute Gasteiger partial charge is 0.260 e. The van der Waals surface area contributed by atoms with Crippen LogP contribution in [0, 0.1) is 17.2 Å². The van der Waals surface area contributed by atoms with E-state index in [1.807, 2.05) is 53.4 Å². The van der Waals surface area contributed by atoms with Crippen molar-refractivity contribution in [2.24, 2.45) is 5.92 Å². The number of aryl methyl sites for hydroxylation is 1. The average molecular weight is 469 g/mol. The Balaban J connectivity index is 1.11. The predicted octanol–water partition coefficient (Wildman–Crippen LogP) is 5.20. The molecule has 1 saturated heterocycles. The topological polar surface area (TPSA) is 71.8 Å². The number of rotatable bonds is 7. The fourth-order valence-electron chi connectivity index (χ4n) is 4.76. The van der Waals surface area contributed by atoms with Crippen LogP contribution >= 0.6 is 0 Å². The van der Waals surface area contributed by atoms with Crippen molar-refractivity contribution >= 4 is 5.91 Å². The van der Waals surface area contributed by atoms with Crippen molar-refractivity contribution in [1.82, 2.24) is 4.90 Å². The third-order valence-electron chi connectivity index (χ3n) is 6.79. The van der Waals surface area contributed by atoms with E-state index in [-0.39, 0.29) is 12.5 Å². The number of nitrogens with zero attached hydrogens (tertiary/aromatic N) is 2. The van der Waals surface area contributed by atoms with Crippen LogP contribution in [0.3, 0.4) is 0 Å². The molecule has 0 bridgehead atoms. The highest BCUT2D eigenvalue weighted by molar-refractivity contribution is 5.78. The molecule has 35 heavy (non-hydrogen) atoms. The summed E-state index contributed by atoms with van der Waals surface area (Å²) in [6, 6.07) is 23.4. The molecule has 3 aromatic carbocycles. The second-order valence-electron chi connectivity index (χ2n) is 9.03. The highest BCUT2D eigenvalue weighted by Gasteiger charge is 2.23. The minimum atomic E-state index is 0.0107. The Morgan fingerprint density at radius 2 is 1.83 bits per heavy atom. The molecule has 178 valence electrons. The van der Waals surface area contributed by atoms with Gasteiger partial charge in [-0.05, 0) is 73.1 Å². The summed E-state index contributed by atoms with van der Waals surface area (Å²) in [4.78, 5) is 14.8. The van der Waals surface area contributed by atoms with Crippen molar-refractivity contribution in [3.8, 4) is 34.4 Å². The van der Waals surface area contributed by atoms with Crippen molar-refractivity contribution in [3.05, 3.63) is 77.9 Å². The molecule has 6 heteroatoms. The molecular formula is C29H28N2O4. The summed E-state index contributed by atoms with van der Waals surface area (Å²) in [7, 11) is 0. The van der Waals surface area contributed by atoms with Gasteiger partial charge in [0.1, 0.15) is 5.75 Å². The molecule has 0 aliphatic carbocycles. The standard InChI is InChI=1S/C29H28N2O4/c30-18-23-4-3-5-24(16-23)25-6-1-2-7-26(25)33-19-29(32)31-14-12-21(13-15-31)8-9-22-10-11-27-28(17-22)35-20-34-27/h1-7,10-11,16-17,21H,8-9,12-15,19-20H2. The van der Waals surface area contributed by atoms with Gasteiger partial charge in [-0.1, -0.05) is 36.4 Å². The molecule has 0 saturated carbocycles. The Morgan fingerprint density at radius 1 is 1.00 bits per heavy atom. The molecule has 0 atom stereocenters. The van der Waals surface area contributed by atoms with Crippen LogP contribution in [0.2, 0.25) is 0 Å². The molecule has 0 N–H and O–H groups in total. The van der Waals surface area contributed by atoms with Crippen LogP contribution in [0.5, 0.6) is 17.2 Å². The van der Waals surface area contributed by atoms with Crippen LogP contribution in [-0.2, 0) is 11.2 Å². The normalized spacial score (nSPS) is 15.0. The van der Waals surface area contributed by atoms with Gasteiger partial charge in [-0.3, -0.25) is 4.79 Å². The Kier molecular flexibility index (Phi) is 6.85. The first-order valence-corrected chi connectivity index (χ1v) is 12.1. The summed E-state index contributed by atoms with van der Waals surface area (Å²) in [5.74, 6) is 2.93. The van der Waals surface area contributed by atoms with Crippen molar-refractivity contribution in [1.29, 1.82) is 5.26 Å². The Labute approximate surface area is 205 Å². The third kappa shape index (κ3) is 5.41. The van der Waals surface area contributed by atoms with Gasteiger partial charge in [0.2, 0.25) is 6.79 Å². The van der Waals surface area contributed by atoms with Crippen LogP contribution < -0.4 is 14.2 Å². The second kappa shape index (κ2) is 10.5. The maximum absolute atomic E-state index is 12.8. The van der Waals surface area contributed by atoms with E-state index in [1.54, 1.807) is 6.07 Å².